The van der Waals surface area contributed by atoms with Gasteiger partial charge >= 0.3 is 0 Å². The van der Waals surface area contributed by atoms with E-state index in [1.54, 1.807) is 0 Å². The molecule has 2 unspecified atom stereocenters. The lowest BCUT2D eigenvalue weighted by Gasteiger charge is -2.24. The summed E-state index contributed by atoms with van der Waals surface area (Å²) >= 11 is 0. The normalized spacial score (nSPS) is 22.9. The summed E-state index contributed by atoms with van der Waals surface area (Å²) in [6, 6.07) is 11.2. The summed E-state index contributed by atoms with van der Waals surface area (Å²) in [6.07, 6.45) is 7.88. The zero-order valence-electron chi connectivity index (χ0n) is 12.8. The van der Waals surface area contributed by atoms with Crippen LogP contribution in [0.2, 0.25) is 0 Å². The number of benzene rings is 1. The van der Waals surface area contributed by atoms with Gasteiger partial charge in [-0.05, 0) is 31.4 Å². The second-order valence-electron chi connectivity index (χ2n) is 6.08. The number of hydrogen-bond acceptors (Lipinski definition) is 2. The molecule has 1 aliphatic carbocycles. The maximum Gasteiger partial charge on any atom is 0.110 e. The predicted molar refractivity (Wildman–Crippen MR) is 85.0 cm³/mol. The molecule has 0 spiro atoms. The maximum absolute atomic E-state index is 9.59. The Morgan fingerprint density at radius 2 is 2.05 bits per heavy atom. The van der Waals surface area contributed by atoms with Gasteiger partial charge in [-0.25, -0.2) is 4.98 Å². The molecular weight excluding hydrogens is 258 g/mol. The SMILES string of the molecule is CCCc1nc2ccccc2n1C1CCCCCC1C#N. The van der Waals surface area contributed by atoms with Crippen LogP contribution in [0.5, 0.6) is 0 Å². The van der Waals surface area contributed by atoms with E-state index in [1.807, 2.05) is 6.07 Å². The Morgan fingerprint density at radius 1 is 1.24 bits per heavy atom. The molecule has 3 nitrogen and oxygen atoms in total. The maximum atomic E-state index is 9.59. The number of nitrogens with zero attached hydrogens (tertiary/aromatic N) is 3. The Kier molecular flexibility index (Phi) is 4.24. The van der Waals surface area contributed by atoms with Gasteiger partial charge in [-0.15, -0.1) is 0 Å². The molecule has 0 saturated heterocycles. The lowest BCUT2D eigenvalue weighted by molar-refractivity contribution is 0.370. The first-order valence-electron chi connectivity index (χ1n) is 8.20. The fourth-order valence-electron chi connectivity index (χ4n) is 3.61. The van der Waals surface area contributed by atoms with Gasteiger partial charge in [-0.2, -0.15) is 5.26 Å². The highest BCUT2D eigenvalue weighted by Gasteiger charge is 2.28. The first kappa shape index (κ1) is 14.1. The van der Waals surface area contributed by atoms with E-state index in [1.165, 1.54) is 24.8 Å². The number of fused-ring (bicyclic) bond motifs is 1. The van der Waals surface area contributed by atoms with Gasteiger partial charge in [0, 0.05) is 6.42 Å². The molecule has 3 heteroatoms. The Hall–Kier alpha value is -1.82. The number of aromatic nitrogens is 2. The molecular formula is C18H23N3. The van der Waals surface area contributed by atoms with Crippen LogP contribution in [0.25, 0.3) is 11.0 Å². The molecule has 0 aliphatic heterocycles. The number of hydrogen-bond donors (Lipinski definition) is 0. The van der Waals surface area contributed by atoms with Crippen molar-refractivity contribution in [2.45, 2.75) is 57.9 Å². The average molecular weight is 281 g/mol. The van der Waals surface area contributed by atoms with Crippen molar-refractivity contribution in [1.82, 2.24) is 9.55 Å². The number of imidazole rings is 1. The summed E-state index contributed by atoms with van der Waals surface area (Å²) in [5.74, 6) is 1.28. The van der Waals surface area contributed by atoms with Crippen molar-refractivity contribution in [1.29, 1.82) is 5.26 Å². The van der Waals surface area contributed by atoms with Gasteiger partial charge in [0.15, 0.2) is 0 Å². The second-order valence-corrected chi connectivity index (χ2v) is 6.08. The van der Waals surface area contributed by atoms with Gasteiger partial charge in [-0.1, -0.05) is 38.3 Å². The topological polar surface area (TPSA) is 41.6 Å². The van der Waals surface area contributed by atoms with Gasteiger partial charge in [0.2, 0.25) is 0 Å². The second kappa shape index (κ2) is 6.30. The molecule has 0 bridgehead atoms. The molecule has 2 atom stereocenters. The largest absolute Gasteiger partial charge is 0.324 e. The highest BCUT2D eigenvalue weighted by molar-refractivity contribution is 5.76. The van der Waals surface area contributed by atoms with Crippen LogP contribution >= 0.6 is 0 Å². The van der Waals surface area contributed by atoms with Crippen molar-refractivity contribution in [3.8, 4) is 6.07 Å². The lowest BCUT2D eigenvalue weighted by Crippen LogP contribution is -2.19. The van der Waals surface area contributed by atoms with E-state index in [0.717, 1.165) is 37.0 Å². The van der Waals surface area contributed by atoms with Gasteiger partial charge in [0.05, 0.1) is 29.1 Å². The third-order valence-corrected chi connectivity index (χ3v) is 4.62. The van der Waals surface area contributed by atoms with Gasteiger partial charge in [0.25, 0.3) is 0 Å². The molecule has 1 heterocycles. The molecule has 1 saturated carbocycles. The minimum Gasteiger partial charge on any atom is -0.324 e. The summed E-state index contributed by atoms with van der Waals surface area (Å²) in [6.45, 7) is 2.19. The van der Waals surface area contributed by atoms with E-state index in [-0.39, 0.29) is 5.92 Å². The number of rotatable bonds is 3. The summed E-state index contributed by atoms with van der Waals surface area (Å²) < 4.78 is 2.39. The summed E-state index contributed by atoms with van der Waals surface area (Å²) in [7, 11) is 0. The van der Waals surface area contributed by atoms with Crippen molar-refractivity contribution in [2.75, 3.05) is 0 Å². The Bertz CT molecular complexity index is 650. The van der Waals surface area contributed by atoms with E-state index >= 15 is 0 Å². The highest BCUT2D eigenvalue weighted by atomic mass is 15.1. The number of para-hydroxylation sites is 2. The third-order valence-electron chi connectivity index (χ3n) is 4.62. The minimum absolute atomic E-state index is 0.126. The molecule has 3 rings (SSSR count). The van der Waals surface area contributed by atoms with Crippen molar-refractivity contribution >= 4 is 11.0 Å². The smallest absolute Gasteiger partial charge is 0.110 e. The van der Waals surface area contributed by atoms with E-state index < -0.39 is 0 Å². The molecule has 0 amide bonds. The van der Waals surface area contributed by atoms with E-state index in [2.05, 4.69) is 35.8 Å². The van der Waals surface area contributed by atoms with E-state index in [9.17, 15) is 5.26 Å². The Morgan fingerprint density at radius 3 is 2.86 bits per heavy atom. The molecule has 0 N–H and O–H groups in total. The Labute approximate surface area is 126 Å². The minimum atomic E-state index is 0.126. The number of nitriles is 1. The molecule has 0 radical (unpaired) electrons. The zero-order chi connectivity index (χ0) is 14.7. The van der Waals surface area contributed by atoms with Crippen molar-refractivity contribution < 1.29 is 0 Å². The standard InChI is InChI=1S/C18H23N3/c1-2-8-18-20-15-10-6-7-12-17(15)21(18)16-11-5-3-4-9-14(16)13-19/h6-7,10,12,14,16H,2-5,8-9,11H2,1H3. The Balaban J connectivity index is 2.12. The first-order valence-corrected chi connectivity index (χ1v) is 8.20. The molecule has 110 valence electrons. The third kappa shape index (κ3) is 2.68. The van der Waals surface area contributed by atoms with Crippen LogP contribution in [0.1, 0.15) is 57.3 Å². The van der Waals surface area contributed by atoms with E-state index in [0.29, 0.717) is 6.04 Å². The quantitative estimate of drug-likeness (QED) is 0.769. The molecule has 1 aromatic carbocycles. The average Bonchev–Trinajstić information content (AvgIpc) is 2.70. The van der Waals surface area contributed by atoms with Crippen LogP contribution in [0.3, 0.4) is 0 Å². The summed E-state index contributed by atoms with van der Waals surface area (Å²) in [4.78, 5) is 4.83. The van der Waals surface area contributed by atoms with Crippen molar-refractivity contribution in [2.24, 2.45) is 5.92 Å². The highest BCUT2D eigenvalue weighted by Crippen LogP contribution is 2.35. The fraction of sp³-hybridized carbons (Fsp3) is 0.556. The van der Waals surface area contributed by atoms with Crippen molar-refractivity contribution in [3.63, 3.8) is 0 Å². The van der Waals surface area contributed by atoms with Crippen LogP contribution < -0.4 is 0 Å². The molecule has 21 heavy (non-hydrogen) atoms. The van der Waals surface area contributed by atoms with Gasteiger partial charge in [0.1, 0.15) is 5.82 Å². The summed E-state index contributed by atoms with van der Waals surface area (Å²) in [5, 5.41) is 9.59. The van der Waals surface area contributed by atoms with Crippen LogP contribution in [0.15, 0.2) is 24.3 Å². The van der Waals surface area contributed by atoms with Crippen LogP contribution in [-0.4, -0.2) is 9.55 Å². The fourth-order valence-corrected chi connectivity index (χ4v) is 3.61. The van der Waals surface area contributed by atoms with Crippen molar-refractivity contribution in [3.05, 3.63) is 30.1 Å². The van der Waals surface area contributed by atoms with E-state index in [4.69, 9.17) is 4.98 Å². The van der Waals surface area contributed by atoms with Gasteiger partial charge in [-0.3, -0.25) is 0 Å². The van der Waals surface area contributed by atoms with Gasteiger partial charge < -0.3 is 4.57 Å². The number of aryl methyl sites for hydroxylation is 1. The molecule has 1 aliphatic rings. The van der Waals surface area contributed by atoms with Crippen LogP contribution in [0, 0.1) is 17.2 Å². The first-order chi connectivity index (χ1) is 10.3. The monoisotopic (exact) mass is 281 g/mol. The molecule has 2 aromatic rings. The van der Waals surface area contributed by atoms with Crippen LogP contribution in [-0.2, 0) is 6.42 Å². The molecule has 1 fully saturated rings. The zero-order valence-corrected chi connectivity index (χ0v) is 12.8. The molecule has 1 aromatic heterocycles. The predicted octanol–water partition coefficient (Wildman–Crippen LogP) is 4.63. The van der Waals surface area contributed by atoms with Crippen LogP contribution in [0.4, 0.5) is 0 Å². The summed E-state index contributed by atoms with van der Waals surface area (Å²) in [5.41, 5.74) is 2.27. The lowest BCUT2D eigenvalue weighted by atomic mass is 9.95.